The van der Waals surface area contributed by atoms with Gasteiger partial charge in [-0.05, 0) is 19.4 Å². The summed E-state index contributed by atoms with van der Waals surface area (Å²) in [5, 5.41) is 6.47. The fourth-order valence-corrected chi connectivity index (χ4v) is 3.25. The first kappa shape index (κ1) is 14.4. The van der Waals surface area contributed by atoms with Gasteiger partial charge in [0.15, 0.2) is 0 Å². The Labute approximate surface area is 119 Å². The van der Waals surface area contributed by atoms with Crippen molar-refractivity contribution in [2.75, 3.05) is 18.1 Å². The van der Waals surface area contributed by atoms with Crippen LogP contribution in [0.2, 0.25) is 0 Å². The van der Waals surface area contributed by atoms with Crippen LogP contribution in [-0.2, 0) is 4.79 Å². The Morgan fingerprint density at radius 3 is 3.11 bits per heavy atom. The average molecular weight is 278 g/mol. The van der Waals surface area contributed by atoms with E-state index in [4.69, 9.17) is 0 Å². The number of nitrogens with one attached hydrogen (secondary N) is 2. The molecular weight excluding hydrogens is 256 g/mol. The van der Waals surface area contributed by atoms with Crippen LogP contribution in [-0.4, -0.2) is 30.0 Å². The van der Waals surface area contributed by atoms with Gasteiger partial charge in [0.25, 0.3) is 0 Å². The zero-order chi connectivity index (χ0) is 13.7. The lowest BCUT2D eigenvalue weighted by molar-refractivity contribution is -0.122. The Kier molecular flexibility index (Phi) is 5.28. The zero-order valence-electron chi connectivity index (χ0n) is 11.6. The van der Waals surface area contributed by atoms with E-state index in [2.05, 4.69) is 35.8 Å². The van der Waals surface area contributed by atoms with Crippen LogP contribution < -0.4 is 10.6 Å². The molecule has 0 bridgehead atoms. The lowest BCUT2D eigenvalue weighted by Gasteiger charge is -2.23. The van der Waals surface area contributed by atoms with Crippen molar-refractivity contribution in [2.24, 2.45) is 0 Å². The van der Waals surface area contributed by atoms with Crippen molar-refractivity contribution < 1.29 is 4.79 Å². The number of hydrogen-bond donors (Lipinski definition) is 2. The molecule has 1 amide bonds. The van der Waals surface area contributed by atoms with Crippen molar-refractivity contribution >= 4 is 17.7 Å². The second-order valence-electron chi connectivity index (χ2n) is 5.13. The number of aryl methyl sites for hydroxylation is 1. The number of hydrogen-bond acceptors (Lipinski definition) is 3. The summed E-state index contributed by atoms with van der Waals surface area (Å²) in [5.74, 6) is 2.32. The summed E-state index contributed by atoms with van der Waals surface area (Å²) < 4.78 is 0. The van der Waals surface area contributed by atoms with E-state index in [0.29, 0.717) is 12.5 Å². The topological polar surface area (TPSA) is 41.1 Å². The van der Waals surface area contributed by atoms with E-state index in [1.54, 1.807) is 0 Å². The Balaban J connectivity index is 1.84. The molecule has 1 aliphatic heterocycles. The Morgan fingerprint density at radius 2 is 2.42 bits per heavy atom. The predicted molar refractivity (Wildman–Crippen MR) is 81.5 cm³/mol. The highest BCUT2D eigenvalue weighted by molar-refractivity contribution is 7.99. The minimum atomic E-state index is 0.0728. The fourth-order valence-electron chi connectivity index (χ4n) is 2.30. The molecule has 1 aliphatic rings. The molecule has 3 nitrogen and oxygen atoms in total. The highest BCUT2D eigenvalue weighted by Gasteiger charge is 2.18. The Hall–Kier alpha value is -1.00. The molecule has 0 saturated carbocycles. The van der Waals surface area contributed by atoms with Crippen molar-refractivity contribution in [2.45, 2.75) is 32.4 Å². The predicted octanol–water partition coefficient (Wildman–Crippen LogP) is 2.27. The van der Waals surface area contributed by atoms with E-state index in [1.165, 1.54) is 11.1 Å². The quantitative estimate of drug-likeness (QED) is 0.887. The molecule has 1 aromatic carbocycles. The lowest BCUT2D eigenvalue weighted by atomic mass is 10.1. The normalized spacial score (nSPS) is 20.8. The lowest BCUT2D eigenvalue weighted by Crippen LogP contribution is -2.41. The number of amides is 1. The molecule has 0 radical (unpaired) electrons. The zero-order valence-corrected chi connectivity index (χ0v) is 12.4. The molecule has 1 fully saturated rings. The maximum absolute atomic E-state index is 12.0. The van der Waals surface area contributed by atoms with Gasteiger partial charge in [-0.25, -0.2) is 0 Å². The van der Waals surface area contributed by atoms with Crippen LogP contribution in [0.15, 0.2) is 24.3 Å². The number of thioether (sulfide) groups is 1. The summed E-state index contributed by atoms with van der Waals surface area (Å²) >= 11 is 1.92. The molecule has 1 heterocycles. The van der Waals surface area contributed by atoms with Gasteiger partial charge < -0.3 is 10.6 Å². The number of carbonyl (C=O) groups is 1. The fraction of sp³-hybridized carbons (Fsp3) is 0.533. The number of carbonyl (C=O) groups excluding carboxylic acids is 1. The van der Waals surface area contributed by atoms with Crippen molar-refractivity contribution in [3.63, 3.8) is 0 Å². The Bertz CT molecular complexity index is 430. The molecule has 1 saturated heterocycles. The first-order valence-corrected chi connectivity index (χ1v) is 7.97. The van der Waals surface area contributed by atoms with Crippen molar-refractivity contribution in [1.82, 2.24) is 10.6 Å². The minimum Gasteiger partial charge on any atom is -0.350 e. The molecule has 2 atom stereocenters. The summed E-state index contributed by atoms with van der Waals surface area (Å²) in [4.78, 5) is 12.0. The van der Waals surface area contributed by atoms with Crippen LogP contribution in [0.25, 0.3) is 0 Å². The van der Waals surface area contributed by atoms with Crippen molar-refractivity contribution in [3.05, 3.63) is 35.4 Å². The maximum atomic E-state index is 12.0. The van der Waals surface area contributed by atoms with Gasteiger partial charge in [-0.1, -0.05) is 29.8 Å². The van der Waals surface area contributed by atoms with E-state index in [-0.39, 0.29) is 11.9 Å². The maximum Gasteiger partial charge on any atom is 0.222 e. The monoisotopic (exact) mass is 278 g/mol. The third kappa shape index (κ3) is 4.55. The molecule has 0 spiro atoms. The minimum absolute atomic E-state index is 0.0728. The molecule has 0 aliphatic carbocycles. The van der Waals surface area contributed by atoms with Gasteiger partial charge in [-0.2, -0.15) is 11.8 Å². The van der Waals surface area contributed by atoms with Crippen LogP contribution in [0, 0.1) is 6.92 Å². The van der Waals surface area contributed by atoms with Crippen molar-refractivity contribution in [3.8, 4) is 0 Å². The van der Waals surface area contributed by atoms with Gasteiger partial charge >= 0.3 is 0 Å². The number of benzene rings is 1. The van der Waals surface area contributed by atoms with E-state index < -0.39 is 0 Å². The number of rotatable bonds is 4. The smallest absolute Gasteiger partial charge is 0.222 e. The van der Waals surface area contributed by atoms with Gasteiger partial charge in [0, 0.05) is 30.5 Å². The second-order valence-corrected chi connectivity index (χ2v) is 6.28. The standard InChI is InChI=1S/C15H22N2OS/c1-11-4-3-5-13(8-11)12(2)17-15(18)9-14-10-19-7-6-16-14/h3-5,8,12,14,16H,6-7,9-10H2,1-2H3,(H,17,18)/t12-,14?/m0/s1. The molecule has 1 aromatic rings. The Morgan fingerprint density at radius 1 is 1.58 bits per heavy atom. The second kappa shape index (κ2) is 6.96. The molecule has 1 unspecified atom stereocenters. The van der Waals surface area contributed by atoms with Crippen molar-refractivity contribution in [1.29, 1.82) is 0 Å². The summed E-state index contributed by atoms with van der Waals surface area (Å²) in [6.07, 6.45) is 0.573. The van der Waals surface area contributed by atoms with Crippen LogP contribution in [0.3, 0.4) is 0 Å². The third-order valence-electron chi connectivity index (χ3n) is 3.35. The summed E-state index contributed by atoms with van der Waals surface area (Å²) in [7, 11) is 0. The third-order valence-corrected chi connectivity index (χ3v) is 4.48. The van der Waals surface area contributed by atoms with Gasteiger partial charge in [0.2, 0.25) is 5.91 Å². The van der Waals surface area contributed by atoms with Crippen LogP contribution in [0.4, 0.5) is 0 Å². The van der Waals surface area contributed by atoms with Crippen LogP contribution >= 0.6 is 11.8 Å². The van der Waals surface area contributed by atoms with Crippen LogP contribution in [0.5, 0.6) is 0 Å². The molecule has 19 heavy (non-hydrogen) atoms. The molecular formula is C15H22N2OS. The van der Waals surface area contributed by atoms with Gasteiger partial charge in [0.1, 0.15) is 0 Å². The molecule has 2 N–H and O–H groups in total. The highest BCUT2D eigenvalue weighted by Crippen LogP contribution is 2.15. The van der Waals surface area contributed by atoms with E-state index in [0.717, 1.165) is 18.1 Å². The summed E-state index contributed by atoms with van der Waals surface area (Å²) in [6, 6.07) is 8.69. The van der Waals surface area contributed by atoms with Crippen LogP contribution in [0.1, 0.15) is 30.5 Å². The van der Waals surface area contributed by atoms with E-state index in [1.807, 2.05) is 24.8 Å². The average Bonchev–Trinajstić information content (AvgIpc) is 2.39. The van der Waals surface area contributed by atoms with Gasteiger partial charge in [-0.15, -0.1) is 0 Å². The van der Waals surface area contributed by atoms with E-state index in [9.17, 15) is 4.79 Å². The molecule has 0 aromatic heterocycles. The first-order chi connectivity index (χ1) is 9.15. The first-order valence-electron chi connectivity index (χ1n) is 6.82. The summed E-state index contributed by atoms with van der Waals surface area (Å²) in [6.45, 7) is 5.12. The largest absolute Gasteiger partial charge is 0.350 e. The molecule has 104 valence electrons. The SMILES string of the molecule is Cc1cccc([C@H](C)NC(=O)CC2CSCCN2)c1. The van der Waals surface area contributed by atoms with Gasteiger partial charge in [0.05, 0.1) is 6.04 Å². The molecule has 4 heteroatoms. The summed E-state index contributed by atoms with van der Waals surface area (Å²) in [5.41, 5.74) is 2.39. The molecule has 2 rings (SSSR count). The van der Waals surface area contributed by atoms with E-state index >= 15 is 0 Å². The highest BCUT2D eigenvalue weighted by atomic mass is 32.2. The van der Waals surface area contributed by atoms with Gasteiger partial charge in [-0.3, -0.25) is 4.79 Å².